The molecule has 0 radical (unpaired) electrons. The molecule has 0 aliphatic carbocycles. The zero-order valence-electron chi connectivity index (χ0n) is 12.8. The Hall–Kier alpha value is -2.17. The third-order valence-corrected chi connectivity index (χ3v) is 3.18. The zero-order chi connectivity index (χ0) is 15.8. The molecule has 1 N–H and O–H groups in total. The minimum atomic E-state index is -2.95. The van der Waals surface area contributed by atoms with E-state index in [0.29, 0.717) is 5.56 Å². The predicted octanol–water partition coefficient (Wildman–Crippen LogP) is 1.04. The summed E-state index contributed by atoms with van der Waals surface area (Å²) in [7, 11) is 0. The maximum Gasteiger partial charge on any atom is 0.330 e. The number of carbonyl (C=O) groups excluding carboxylic acids is 3. The Morgan fingerprint density at radius 1 is 1.28 bits per heavy atom. The molecule has 0 saturated carbocycles. The van der Waals surface area contributed by atoms with Gasteiger partial charge >= 0.3 is 6.03 Å². The van der Waals surface area contributed by atoms with Gasteiger partial charge in [-0.3, -0.25) is 19.8 Å². The molecule has 1 aliphatic rings. The fraction of sp³-hybridized carbons (Fsp3) is 0.308. The van der Waals surface area contributed by atoms with Crippen molar-refractivity contribution in [3.05, 3.63) is 35.9 Å². The summed E-state index contributed by atoms with van der Waals surface area (Å²) in [5.74, 6) is -1.82. The first kappa shape index (κ1) is 8.85. The van der Waals surface area contributed by atoms with Crippen molar-refractivity contribution in [3.8, 4) is 0 Å². The average Bonchev–Trinajstić information content (AvgIpc) is 2.38. The molecule has 0 bridgehead atoms. The molecule has 1 fully saturated rings. The van der Waals surface area contributed by atoms with Gasteiger partial charge in [-0.05, 0) is 12.0 Å². The van der Waals surface area contributed by atoms with Gasteiger partial charge in [0.1, 0.15) is 0 Å². The topological polar surface area (TPSA) is 66.5 Å². The summed E-state index contributed by atoms with van der Waals surface area (Å²) in [6, 6.07) is 6.91. The average molecular weight is 249 g/mol. The van der Waals surface area contributed by atoms with Crippen LogP contribution in [0, 0.1) is 0 Å². The Labute approximate surface area is 109 Å². The van der Waals surface area contributed by atoms with E-state index in [1.807, 2.05) is 5.32 Å². The molecule has 0 spiro atoms. The van der Waals surface area contributed by atoms with Crippen LogP contribution in [0.4, 0.5) is 4.79 Å². The molecule has 18 heavy (non-hydrogen) atoms. The maximum atomic E-state index is 12.6. The Morgan fingerprint density at radius 3 is 2.50 bits per heavy atom. The lowest BCUT2D eigenvalue weighted by Gasteiger charge is -2.37. The number of urea groups is 1. The molecule has 1 aromatic rings. The summed E-state index contributed by atoms with van der Waals surface area (Å²) in [6.07, 6.45) is 0.0432. The zero-order valence-corrected chi connectivity index (χ0v) is 9.77. The lowest BCUT2D eigenvalue weighted by molar-refractivity contribution is -0.144. The monoisotopic (exact) mass is 249 g/mol. The molecule has 2 rings (SSSR count). The first-order chi connectivity index (χ1) is 9.75. The lowest BCUT2D eigenvalue weighted by Crippen LogP contribution is -2.64. The maximum absolute atomic E-state index is 12.6. The number of imide groups is 2. The van der Waals surface area contributed by atoms with Gasteiger partial charge in [0.05, 0.1) is 0 Å². The van der Waals surface area contributed by atoms with Gasteiger partial charge in [-0.1, -0.05) is 37.3 Å². The fourth-order valence-corrected chi connectivity index (χ4v) is 2.13. The van der Waals surface area contributed by atoms with Gasteiger partial charge in [0, 0.05) is 11.1 Å². The molecular formula is C13H14N2O3. The van der Waals surface area contributed by atoms with Crippen LogP contribution in [0.15, 0.2) is 30.3 Å². The van der Waals surface area contributed by atoms with Crippen molar-refractivity contribution in [1.82, 2.24) is 10.2 Å². The fourth-order valence-electron chi connectivity index (χ4n) is 2.13. The van der Waals surface area contributed by atoms with E-state index in [9.17, 15) is 14.4 Å². The highest BCUT2D eigenvalue weighted by atomic mass is 16.2. The second-order valence-electron chi connectivity index (χ2n) is 4.02. The summed E-state index contributed by atoms with van der Waals surface area (Å²) in [4.78, 5) is 36.8. The molecule has 1 atom stereocenters. The number of nitrogens with one attached hydrogen (secondary N) is 1. The number of hydrogen-bond donors (Lipinski definition) is 1. The number of benzene rings is 1. The van der Waals surface area contributed by atoms with Gasteiger partial charge in [0.25, 0.3) is 5.91 Å². The van der Waals surface area contributed by atoms with Crippen molar-refractivity contribution in [2.45, 2.75) is 18.8 Å². The van der Waals surface area contributed by atoms with E-state index in [4.69, 9.17) is 4.11 Å². The van der Waals surface area contributed by atoms with Crippen LogP contribution in [0.25, 0.3) is 0 Å². The molecule has 4 amide bonds. The molecule has 1 aromatic carbocycles. The predicted molar refractivity (Wildman–Crippen MR) is 64.7 cm³/mol. The normalized spacial score (nSPS) is 27.3. The Morgan fingerprint density at radius 2 is 1.94 bits per heavy atom. The summed E-state index contributed by atoms with van der Waals surface area (Å²) in [5, 5.41) is 1.97. The van der Waals surface area contributed by atoms with E-state index >= 15 is 0 Å². The number of likely N-dealkylation sites (N-methyl/N-ethyl adjacent to an activating group) is 1. The Balaban J connectivity index is 2.62. The first-order valence-corrected chi connectivity index (χ1v) is 5.50. The molecule has 5 heteroatoms. The van der Waals surface area contributed by atoms with Crippen LogP contribution in [0.3, 0.4) is 0 Å². The summed E-state index contributed by atoms with van der Waals surface area (Å²) >= 11 is 0. The van der Waals surface area contributed by atoms with Crippen LogP contribution in [0.2, 0.25) is 0 Å². The molecule has 1 heterocycles. The third-order valence-electron chi connectivity index (χ3n) is 3.18. The Bertz CT molecular complexity index is 600. The van der Waals surface area contributed by atoms with Gasteiger partial charge in [-0.25, -0.2) is 4.79 Å². The van der Waals surface area contributed by atoms with E-state index in [1.165, 1.54) is 0 Å². The smallest absolute Gasteiger partial charge is 0.276 e. The molecule has 0 aromatic heterocycles. The quantitative estimate of drug-likeness (QED) is 0.796. The van der Waals surface area contributed by atoms with Gasteiger partial charge < -0.3 is 0 Å². The van der Waals surface area contributed by atoms with E-state index in [0.717, 1.165) is 0 Å². The highest BCUT2D eigenvalue weighted by Gasteiger charge is 2.52. The number of hydrogen-bond acceptors (Lipinski definition) is 3. The standard InChI is InChI=1S/C13H14N2O3/c1-3-13(9-7-5-4-6-8-9)10(16)14-12(18)15(2)11(13)17/h4-8H,3H2,1-2H3,(H,14,16,18)/i2D3. The minimum Gasteiger partial charge on any atom is -0.276 e. The minimum absolute atomic E-state index is 0.0432. The van der Waals surface area contributed by atoms with E-state index in [2.05, 4.69) is 0 Å². The number of rotatable bonds is 2. The summed E-state index contributed by atoms with van der Waals surface area (Å²) < 4.78 is 22.0. The number of amides is 4. The third kappa shape index (κ3) is 1.51. The van der Waals surface area contributed by atoms with Crippen molar-refractivity contribution in [2.24, 2.45) is 0 Å². The number of barbiturate groups is 1. The second-order valence-corrected chi connectivity index (χ2v) is 4.02. The largest absolute Gasteiger partial charge is 0.330 e. The Kier molecular flexibility index (Phi) is 2.09. The molecule has 1 aliphatic heterocycles. The van der Waals surface area contributed by atoms with Crippen LogP contribution >= 0.6 is 0 Å². The van der Waals surface area contributed by atoms with Crippen molar-refractivity contribution < 1.29 is 18.5 Å². The van der Waals surface area contributed by atoms with Crippen LogP contribution in [0.1, 0.15) is 23.0 Å². The van der Waals surface area contributed by atoms with E-state index in [1.54, 1.807) is 37.3 Å². The van der Waals surface area contributed by atoms with Crippen LogP contribution in [-0.2, 0) is 15.0 Å². The van der Waals surface area contributed by atoms with Crippen molar-refractivity contribution in [2.75, 3.05) is 6.98 Å². The van der Waals surface area contributed by atoms with Crippen LogP contribution < -0.4 is 5.32 Å². The van der Waals surface area contributed by atoms with Gasteiger partial charge in [0.2, 0.25) is 5.91 Å². The number of carbonyl (C=O) groups is 3. The molecule has 1 unspecified atom stereocenters. The van der Waals surface area contributed by atoms with Gasteiger partial charge in [-0.15, -0.1) is 0 Å². The molecular weight excluding hydrogens is 232 g/mol. The molecule has 94 valence electrons. The van der Waals surface area contributed by atoms with Gasteiger partial charge in [-0.2, -0.15) is 0 Å². The number of nitrogens with zero attached hydrogens (tertiary/aromatic N) is 1. The van der Waals surface area contributed by atoms with Crippen molar-refractivity contribution >= 4 is 17.8 Å². The highest BCUT2D eigenvalue weighted by Crippen LogP contribution is 2.32. The summed E-state index contributed by atoms with van der Waals surface area (Å²) in [5.41, 5.74) is -1.35. The molecule has 5 nitrogen and oxygen atoms in total. The molecule has 1 saturated heterocycles. The van der Waals surface area contributed by atoms with E-state index in [-0.39, 0.29) is 11.3 Å². The van der Waals surface area contributed by atoms with Crippen LogP contribution in [0.5, 0.6) is 0 Å². The summed E-state index contributed by atoms with van der Waals surface area (Å²) in [6.45, 7) is -1.35. The SMILES string of the molecule is [2H]C([2H])([2H])N1C(=O)NC(=O)C(CC)(c2ccccc2)C1=O. The van der Waals surface area contributed by atoms with Crippen molar-refractivity contribution in [1.29, 1.82) is 0 Å². The first-order valence-electron chi connectivity index (χ1n) is 7.00. The van der Waals surface area contributed by atoms with E-state index < -0.39 is 30.2 Å². The van der Waals surface area contributed by atoms with Gasteiger partial charge in [0.15, 0.2) is 5.41 Å². The lowest BCUT2D eigenvalue weighted by atomic mass is 9.75. The van der Waals surface area contributed by atoms with Crippen molar-refractivity contribution in [3.63, 3.8) is 0 Å². The van der Waals surface area contributed by atoms with Crippen LogP contribution in [-0.4, -0.2) is 29.7 Å². The second kappa shape index (κ2) is 4.25. The highest BCUT2D eigenvalue weighted by molar-refractivity contribution is 6.22.